The third-order valence-corrected chi connectivity index (χ3v) is 11.6. The molecule has 4 heteroatoms. The molecule has 0 fully saturated rings. The Labute approximate surface area is 187 Å². The maximum Gasteiger partial charge on any atom is 0.319 e. The number of benzene rings is 3. The van der Waals surface area contributed by atoms with E-state index in [0.29, 0.717) is 6.42 Å². The van der Waals surface area contributed by atoms with Gasteiger partial charge in [0.1, 0.15) is 11.4 Å². The second-order valence-electron chi connectivity index (χ2n) is 9.64. The van der Waals surface area contributed by atoms with E-state index in [1.807, 2.05) is 12.1 Å². The average molecular weight is 432 g/mol. The van der Waals surface area contributed by atoms with Crippen LogP contribution in [0, 0.1) is 0 Å². The first-order chi connectivity index (χ1) is 14.8. The summed E-state index contributed by atoms with van der Waals surface area (Å²) >= 11 is 0. The number of hydrogen-bond donors (Lipinski definition) is 2. The van der Waals surface area contributed by atoms with E-state index in [1.54, 1.807) is 0 Å². The van der Waals surface area contributed by atoms with Crippen molar-refractivity contribution in [2.45, 2.75) is 50.7 Å². The van der Waals surface area contributed by atoms with Crippen LogP contribution in [0.2, 0.25) is 5.04 Å². The minimum Gasteiger partial charge on any atom is -0.534 e. The molecule has 3 aromatic rings. The molecule has 0 saturated heterocycles. The predicted octanol–water partition coefficient (Wildman–Crippen LogP) is 4.11. The molecule has 1 unspecified atom stereocenters. The monoisotopic (exact) mass is 431 g/mol. The highest BCUT2D eigenvalue weighted by Crippen LogP contribution is 2.43. The lowest BCUT2D eigenvalue weighted by Gasteiger charge is -2.44. The fraction of sp³-hybridized carbons (Fsp3) is 0.333. The molecule has 0 radical (unpaired) electrons. The van der Waals surface area contributed by atoms with Crippen LogP contribution in [0.4, 0.5) is 0 Å². The summed E-state index contributed by atoms with van der Waals surface area (Å²) in [6, 6.07) is 27.4. The average Bonchev–Trinajstić information content (AvgIpc) is 2.78. The molecule has 0 amide bonds. The van der Waals surface area contributed by atoms with Gasteiger partial charge in [-0.1, -0.05) is 93.6 Å². The molecular weight excluding hydrogens is 398 g/mol. The van der Waals surface area contributed by atoms with Crippen molar-refractivity contribution in [1.82, 2.24) is 0 Å². The van der Waals surface area contributed by atoms with Crippen molar-refractivity contribution < 1.29 is 9.53 Å². The van der Waals surface area contributed by atoms with Crippen molar-refractivity contribution in [2.75, 3.05) is 6.54 Å². The second-order valence-corrected chi connectivity index (χ2v) is 13.9. The predicted molar refractivity (Wildman–Crippen MR) is 131 cm³/mol. The van der Waals surface area contributed by atoms with Crippen LogP contribution in [0.5, 0.6) is 5.75 Å². The van der Waals surface area contributed by atoms with E-state index in [0.717, 1.165) is 29.7 Å². The van der Waals surface area contributed by atoms with Gasteiger partial charge >= 0.3 is 8.32 Å². The Morgan fingerprint density at radius 2 is 1.48 bits per heavy atom. The molecule has 3 nitrogen and oxygen atoms in total. The molecule has 4 rings (SSSR count). The molecule has 0 bridgehead atoms. The van der Waals surface area contributed by atoms with Crippen LogP contribution in [-0.4, -0.2) is 20.0 Å². The number of rotatable bonds is 5. The molecular formula is C27H33NO2Si. The van der Waals surface area contributed by atoms with Gasteiger partial charge in [0, 0.05) is 6.54 Å². The molecule has 0 aromatic heterocycles. The number of fused-ring (bicyclic) bond motifs is 1. The summed E-state index contributed by atoms with van der Waals surface area (Å²) in [7, 11) is -2.72. The van der Waals surface area contributed by atoms with Crippen LogP contribution in [0.25, 0.3) is 0 Å². The molecule has 31 heavy (non-hydrogen) atoms. The zero-order valence-corrected chi connectivity index (χ0v) is 19.8. The fourth-order valence-corrected chi connectivity index (χ4v) is 9.53. The first-order valence-corrected chi connectivity index (χ1v) is 13.1. The van der Waals surface area contributed by atoms with Crippen LogP contribution >= 0.6 is 0 Å². The molecule has 3 aromatic carbocycles. The normalized spacial score (nSPS) is 19.0. The fourth-order valence-electron chi connectivity index (χ4n) is 5.07. The first kappa shape index (κ1) is 21.8. The summed E-state index contributed by atoms with van der Waals surface area (Å²) in [4.78, 5) is 0. The van der Waals surface area contributed by atoms with Crippen molar-refractivity contribution in [1.29, 1.82) is 0 Å². The van der Waals surface area contributed by atoms with E-state index in [2.05, 4.69) is 87.5 Å². The molecule has 0 aliphatic heterocycles. The van der Waals surface area contributed by atoms with Gasteiger partial charge in [-0.25, -0.2) is 0 Å². The van der Waals surface area contributed by atoms with Gasteiger partial charge in [-0.3, -0.25) is 0 Å². The highest BCUT2D eigenvalue weighted by Gasteiger charge is 2.52. The second kappa shape index (κ2) is 8.27. The van der Waals surface area contributed by atoms with E-state index >= 15 is 0 Å². The topological polar surface area (TPSA) is 55.5 Å². The minimum absolute atomic E-state index is 0.114. The van der Waals surface area contributed by atoms with Gasteiger partial charge in [-0.15, -0.1) is 0 Å². The first-order valence-electron chi connectivity index (χ1n) is 11.2. The zero-order chi connectivity index (χ0) is 22.1. The van der Waals surface area contributed by atoms with Crippen LogP contribution in [0.3, 0.4) is 0 Å². The van der Waals surface area contributed by atoms with Crippen molar-refractivity contribution in [2.24, 2.45) is 5.73 Å². The number of aliphatic hydroxyl groups is 1. The van der Waals surface area contributed by atoms with Gasteiger partial charge in [0.25, 0.3) is 0 Å². The maximum absolute atomic E-state index is 11.2. The minimum atomic E-state index is -2.72. The third kappa shape index (κ3) is 3.73. The van der Waals surface area contributed by atoms with E-state index < -0.39 is 13.9 Å². The van der Waals surface area contributed by atoms with Gasteiger partial charge in [0.05, 0.1) is 0 Å². The van der Waals surface area contributed by atoms with E-state index in [1.165, 1.54) is 10.4 Å². The molecule has 0 saturated carbocycles. The van der Waals surface area contributed by atoms with Crippen LogP contribution in [-0.2, 0) is 12.0 Å². The Balaban J connectivity index is 1.95. The van der Waals surface area contributed by atoms with Crippen LogP contribution in [0.15, 0.2) is 78.9 Å². The molecule has 1 atom stereocenters. The van der Waals surface area contributed by atoms with Crippen LogP contribution < -0.4 is 20.5 Å². The summed E-state index contributed by atoms with van der Waals surface area (Å²) in [5.41, 5.74) is 7.06. The molecule has 1 aliphatic rings. The number of hydrogen-bond acceptors (Lipinski definition) is 3. The summed E-state index contributed by atoms with van der Waals surface area (Å²) in [6.45, 7) is 7.07. The molecule has 162 valence electrons. The summed E-state index contributed by atoms with van der Waals surface area (Å²) in [5.74, 6) is 0.887. The molecule has 3 N–H and O–H groups in total. The zero-order valence-electron chi connectivity index (χ0n) is 18.8. The quantitative estimate of drug-likeness (QED) is 0.598. The van der Waals surface area contributed by atoms with Gasteiger partial charge in [0.15, 0.2) is 0 Å². The SMILES string of the molecule is CC(C)(C)[Si](Oc1cccc2c1CCCC2(O)CN)(c1ccccc1)c1ccccc1. The van der Waals surface area contributed by atoms with Crippen molar-refractivity contribution in [3.8, 4) is 5.75 Å². The Kier molecular flexibility index (Phi) is 5.82. The van der Waals surface area contributed by atoms with Gasteiger partial charge in [0.2, 0.25) is 0 Å². The van der Waals surface area contributed by atoms with Crippen molar-refractivity contribution in [3.05, 3.63) is 90.0 Å². The number of nitrogens with two attached hydrogens (primary N) is 1. The van der Waals surface area contributed by atoms with Gasteiger partial charge in [-0.05, 0) is 51.9 Å². The highest BCUT2D eigenvalue weighted by molar-refractivity contribution is 7.00. The third-order valence-electron chi connectivity index (χ3n) is 6.67. The lowest BCUT2D eigenvalue weighted by atomic mass is 9.79. The van der Waals surface area contributed by atoms with Gasteiger partial charge < -0.3 is 15.3 Å². The standard InChI is InChI=1S/C27H33NO2Si/c1-26(2,3)31(21-12-6-4-7-13-21,22-14-8-5-9-15-22)30-25-18-10-17-24-23(25)16-11-19-27(24,29)20-28/h4-10,12-15,17-18,29H,11,16,19-20,28H2,1-3H3. The maximum atomic E-state index is 11.2. The Bertz CT molecular complexity index is 991. The summed E-state index contributed by atoms with van der Waals surface area (Å²) < 4.78 is 7.26. The Hall–Kier alpha value is -2.40. The molecule has 1 aliphatic carbocycles. The van der Waals surface area contributed by atoms with Crippen LogP contribution in [0.1, 0.15) is 44.7 Å². The molecule has 0 spiro atoms. The van der Waals surface area contributed by atoms with E-state index in [9.17, 15) is 5.11 Å². The lowest BCUT2D eigenvalue weighted by molar-refractivity contribution is 0.0276. The Morgan fingerprint density at radius 1 is 0.903 bits per heavy atom. The largest absolute Gasteiger partial charge is 0.534 e. The smallest absolute Gasteiger partial charge is 0.319 e. The van der Waals surface area contributed by atoms with Gasteiger partial charge in [-0.2, -0.15) is 0 Å². The molecule has 0 heterocycles. The van der Waals surface area contributed by atoms with E-state index in [-0.39, 0.29) is 11.6 Å². The summed E-state index contributed by atoms with van der Waals surface area (Å²) in [5, 5.41) is 13.6. The lowest BCUT2D eigenvalue weighted by Crippen LogP contribution is -2.69. The van der Waals surface area contributed by atoms with Crippen molar-refractivity contribution in [3.63, 3.8) is 0 Å². The van der Waals surface area contributed by atoms with Crippen molar-refractivity contribution >= 4 is 18.7 Å². The van der Waals surface area contributed by atoms with E-state index in [4.69, 9.17) is 10.2 Å². The Morgan fingerprint density at radius 3 is 2.00 bits per heavy atom. The summed E-state index contributed by atoms with van der Waals surface area (Å²) in [6.07, 6.45) is 2.49. The highest BCUT2D eigenvalue weighted by atomic mass is 28.4.